The fourth-order valence-electron chi connectivity index (χ4n) is 1.85. The summed E-state index contributed by atoms with van der Waals surface area (Å²) in [5.41, 5.74) is 2.89. The molecule has 1 N–H and O–H groups in total. The first-order chi connectivity index (χ1) is 9.18. The molecule has 2 amide bonds. The number of rotatable bonds is 2. The molecule has 2 rings (SSSR count). The summed E-state index contributed by atoms with van der Waals surface area (Å²) >= 11 is 5.93. The molecule has 1 aliphatic rings. The molecule has 1 saturated heterocycles. The number of nitrogens with one attached hydrogen (secondary N) is 1. The number of carbonyl (C=O) groups excluding carboxylic acids is 2. The van der Waals surface area contributed by atoms with E-state index in [9.17, 15) is 9.59 Å². The lowest BCUT2D eigenvalue weighted by Crippen LogP contribution is -2.39. The fraction of sp³-hybridized carbons (Fsp3) is 0.308. The van der Waals surface area contributed by atoms with Gasteiger partial charge in [-0.15, -0.1) is 0 Å². The van der Waals surface area contributed by atoms with Gasteiger partial charge in [-0.25, -0.2) is 5.43 Å². The second-order valence-electron chi connectivity index (χ2n) is 4.22. The number of amides is 2. The van der Waals surface area contributed by atoms with Crippen molar-refractivity contribution in [1.29, 1.82) is 0 Å². The average molecular weight is 280 g/mol. The smallest absolute Gasteiger partial charge is 0.329 e. The van der Waals surface area contributed by atoms with Gasteiger partial charge in [-0.1, -0.05) is 29.8 Å². The van der Waals surface area contributed by atoms with Gasteiger partial charge in [0.15, 0.2) is 0 Å². The van der Waals surface area contributed by atoms with Crippen LogP contribution in [-0.4, -0.2) is 36.0 Å². The Morgan fingerprint density at radius 3 is 2.63 bits per heavy atom. The van der Waals surface area contributed by atoms with Crippen molar-refractivity contribution in [2.45, 2.75) is 12.8 Å². The van der Waals surface area contributed by atoms with Gasteiger partial charge in [-0.2, -0.15) is 5.10 Å². The highest BCUT2D eigenvalue weighted by atomic mass is 35.5. The summed E-state index contributed by atoms with van der Waals surface area (Å²) in [4.78, 5) is 24.8. The molecule has 0 bridgehead atoms. The SMILES string of the molecule is O=C(NN=Cc1ccccc1Cl)C(=O)N1CCCC1. The van der Waals surface area contributed by atoms with Gasteiger partial charge in [0.2, 0.25) is 0 Å². The normalized spacial score (nSPS) is 14.9. The molecule has 0 radical (unpaired) electrons. The van der Waals surface area contributed by atoms with Crippen LogP contribution in [0.15, 0.2) is 29.4 Å². The predicted molar refractivity (Wildman–Crippen MR) is 73.0 cm³/mol. The van der Waals surface area contributed by atoms with Crippen LogP contribution in [0.4, 0.5) is 0 Å². The molecule has 1 heterocycles. The molecule has 6 heteroatoms. The number of hydrogen-bond acceptors (Lipinski definition) is 3. The summed E-state index contributed by atoms with van der Waals surface area (Å²) in [6.07, 6.45) is 3.31. The largest absolute Gasteiger partial charge is 0.334 e. The van der Waals surface area contributed by atoms with Gasteiger partial charge >= 0.3 is 11.8 Å². The molecule has 5 nitrogen and oxygen atoms in total. The standard InChI is InChI=1S/C13H14ClN3O2/c14-11-6-2-1-5-10(11)9-15-16-12(18)13(19)17-7-3-4-8-17/h1-2,5-6,9H,3-4,7-8H2,(H,16,18). The molecule has 0 saturated carbocycles. The minimum atomic E-state index is -0.717. The van der Waals surface area contributed by atoms with Gasteiger partial charge in [-0.3, -0.25) is 9.59 Å². The lowest BCUT2D eigenvalue weighted by Gasteiger charge is -2.12. The summed E-state index contributed by atoms with van der Waals surface area (Å²) in [5.74, 6) is -1.25. The van der Waals surface area contributed by atoms with Gasteiger partial charge in [-0.05, 0) is 18.9 Å². The summed E-state index contributed by atoms with van der Waals surface area (Å²) in [6, 6.07) is 7.10. The van der Waals surface area contributed by atoms with Crippen LogP contribution in [-0.2, 0) is 9.59 Å². The van der Waals surface area contributed by atoms with Crippen molar-refractivity contribution in [3.05, 3.63) is 34.9 Å². The van der Waals surface area contributed by atoms with E-state index in [1.165, 1.54) is 11.1 Å². The summed E-state index contributed by atoms with van der Waals surface area (Å²) in [7, 11) is 0. The first-order valence-electron chi connectivity index (χ1n) is 6.05. The van der Waals surface area contributed by atoms with Gasteiger partial charge in [0, 0.05) is 23.7 Å². The van der Waals surface area contributed by atoms with E-state index >= 15 is 0 Å². The van der Waals surface area contributed by atoms with Crippen LogP contribution >= 0.6 is 11.6 Å². The minimum absolute atomic E-state index is 0.534. The van der Waals surface area contributed by atoms with Crippen LogP contribution in [0.5, 0.6) is 0 Å². The lowest BCUT2D eigenvalue weighted by molar-refractivity contribution is -0.145. The van der Waals surface area contributed by atoms with Crippen LogP contribution in [0.2, 0.25) is 5.02 Å². The molecule has 19 heavy (non-hydrogen) atoms. The van der Waals surface area contributed by atoms with E-state index in [0.29, 0.717) is 23.7 Å². The topological polar surface area (TPSA) is 61.8 Å². The fourth-order valence-corrected chi connectivity index (χ4v) is 2.04. The molecule has 0 aliphatic carbocycles. The van der Waals surface area contributed by atoms with Crippen molar-refractivity contribution in [3.63, 3.8) is 0 Å². The van der Waals surface area contributed by atoms with E-state index in [2.05, 4.69) is 10.5 Å². The first kappa shape index (κ1) is 13.5. The Labute approximate surface area is 116 Å². The third kappa shape index (κ3) is 3.54. The van der Waals surface area contributed by atoms with E-state index < -0.39 is 11.8 Å². The first-order valence-corrected chi connectivity index (χ1v) is 6.43. The number of hydrazone groups is 1. The number of benzene rings is 1. The zero-order chi connectivity index (χ0) is 13.7. The third-order valence-corrected chi connectivity index (χ3v) is 3.21. The molecule has 0 spiro atoms. The Morgan fingerprint density at radius 2 is 1.95 bits per heavy atom. The highest BCUT2D eigenvalue weighted by Gasteiger charge is 2.23. The molecular weight excluding hydrogens is 266 g/mol. The van der Waals surface area contributed by atoms with Gasteiger partial charge in [0.1, 0.15) is 0 Å². The van der Waals surface area contributed by atoms with Crippen LogP contribution in [0, 0.1) is 0 Å². The maximum Gasteiger partial charge on any atom is 0.329 e. The van der Waals surface area contributed by atoms with Crippen LogP contribution in [0.25, 0.3) is 0 Å². The van der Waals surface area contributed by atoms with Crippen LogP contribution in [0.3, 0.4) is 0 Å². The van der Waals surface area contributed by atoms with Crippen molar-refractivity contribution in [3.8, 4) is 0 Å². The van der Waals surface area contributed by atoms with Crippen molar-refractivity contribution in [1.82, 2.24) is 10.3 Å². The maximum atomic E-state index is 11.7. The van der Waals surface area contributed by atoms with E-state index in [-0.39, 0.29) is 0 Å². The number of likely N-dealkylation sites (tertiary alicyclic amines) is 1. The van der Waals surface area contributed by atoms with E-state index in [4.69, 9.17) is 11.6 Å². The van der Waals surface area contributed by atoms with E-state index in [1.54, 1.807) is 18.2 Å². The Morgan fingerprint density at radius 1 is 1.26 bits per heavy atom. The average Bonchev–Trinajstić information content (AvgIpc) is 2.94. The van der Waals surface area contributed by atoms with Gasteiger partial charge in [0.05, 0.1) is 6.21 Å². The second kappa shape index (κ2) is 6.33. The number of hydrogen-bond donors (Lipinski definition) is 1. The highest BCUT2D eigenvalue weighted by Crippen LogP contribution is 2.12. The zero-order valence-electron chi connectivity index (χ0n) is 10.3. The lowest BCUT2D eigenvalue weighted by atomic mass is 10.2. The van der Waals surface area contributed by atoms with Crippen LogP contribution in [0.1, 0.15) is 18.4 Å². The molecule has 1 aliphatic heterocycles. The van der Waals surface area contributed by atoms with Gasteiger partial charge in [0.25, 0.3) is 0 Å². The predicted octanol–water partition coefficient (Wildman–Crippen LogP) is 1.41. The minimum Gasteiger partial charge on any atom is -0.334 e. The summed E-state index contributed by atoms with van der Waals surface area (Å²) in [6.45, 7) is 1.28. The van der Waals surface area contributed by atoms with Crippen molar-refractivity contribution in [2.24, 2.45) is 5.10 Å². The number of carbonyl (C=O) groups is 2. The molecule has 0 unspecified atom stereocenters. The third-order valence-electron chi connectivity index (χ3n) is 2.86. The van der Waals surface area contributed by atoms with Crippen LogP contribution < -0.4 is 5.43 Å². The van der Waals surface area contributed by atoms with Crippen molar-refractivity contribution >= 4 is 29.6 Å². The Bertz CT molecular complexity index is 510. The maximum absolute atomic E-state index is 11.7. The monoisotopic (exact) mass is 279 g/mol. The molecule has 1 fully saturated rings. The molecule has 1 aromatic carbocycles. The Balaban J connectivity index is 1.89. The summed E-state index contributed by atoms with van der Waals surface area (Å²) in [5, 5.41) is 4.27. The number of halogens is 1. The van der Waals surface area contributed by atoms with E-state index in [0.717, 1.165) is 12.8 Å². The molecule has 1 aromatic rings. The van der Waals surface area contributed by atoms with Gasteiger partial charge < -0.3 is 4.90 Å². The number of nitrogens with zero attached hydrogens (tertiary/aromatic N) is 2. The Hall–Kier alpha value is -1.88. The molecular formula is C13H14ClN3O2. The zero-order valence-corrected chi connectivity index (χ0v) is 11.1. The Kier molecular flexibility index (Phi) is 4.52. The summed E-state index contributed by atoms with van der Waals surface area (Å²) < 4.78 is 0. The highest BCUT2D eigenvalue weighted by molar-refractivity contribution is 6.35. The second-order valence-corrected chi connectivity index (χ2v) is 4.63. The van der Waals surface area contributed by atoms with Crippen molar-refractivity contribution < 1.29 is 9.59 Å². The van der Waals surface area contributed by atoms with Crippen molar-refractivity contribution in [2.75, 3.05) is 13.1 Å². The quantitative estimate of drug-likeness (QED) is 0.505. The van der Waals surface area contributed by atoms with E-state index in [1.807, 2.05) is 6.07 Å². The molecule has 0 atom stereocenters. The molecule has 0 aromatic heterocycles. The molecule has 100 valence electrons.